The lowest BCUT2D eigenvalue weighted by molar-refractivity contribution is 0.0750. The zero-order chi connectivity index (χ0) is 15.6. The molecule has 0 spiro atoms. The number of hydrogen-bond donors (Lipinski definition) is 2. The van der Waals surface area contributed by atoms with Gasteiger partial charge in [0.25, 0.3) is 5.91 Å². The smallest absolute Gasteiger partial charge is 0.257 e. The van der Waals surface area contributed by atoms with Crippen molar-refractivity contribution in [3.63, 3.8) is 0 Å². The van der Waals surface area contributed by atoms with Crippen LogP contribution < -0.4 is 11.3 Å². The highest BCUT2D eigenvalue weighted by molar-refractivity contribution is 8.00. The number of nitrogens with one attached hydrogen (secondary N) is 1. The number of nitrogen functional groups attached to an aromatic ring is 1. The highest BCUT2D eigenvalue weighted by Crippen LogP contribution is 2.26. The maximum atomic E-state index is 13.7. The number of nitrogens with two attached hydrogens (primary N) is 1. The van der Waals surface area contributed by atoms with Gasteiger partial charge < -0.3 is 10.3 Å². The molecule has 1 heterocycles. The van der Waals surface area contributed by atoms with Crippen LogP contribution in [0.15, 0.2) is 18.2 Å². The molecular formula is C12H16FN3O3S2. The molecule has 116 valence electrons. The van der Waals surface area contributed by atoms with E-state index in [0.717, 1.165) is 6.26 Å². The van der Waals surface area contributed by atoms with Crippen molar-refractivity contribution in [2.75, 3.05) is 29.7 Å². The predicted molar refractivity (Wildman–Crippen MR) is 81.2 cm³/mol. The number of carbonyl (C=O) groups excluding carboxylic acids is 1. The molecule has 1 unspecified atom stereocenters. The Morgan fingerprint density at radius 1 is 1.52 bits per heavy atom. The van der Waals surface area contributed by atoms with Gasteiger partial charge in [0.05, 0.1) is 11.3 Å². The van der Waals surface area contributed by atoms with Gasteiger partial charge in [0.1, 0.15) is 11.2 Å². The summed E-state index contributed by atoms with van der Waals surface area (Å²) in [6.07, 6.45) is 1.09. The van der Waals surface area contributed by atoms with Gasteiger partial charge in [-0.15, -0.1) is 0 Å². The highest BCUT2D eigenvalue weighted by atomic mass is 32.2. The topological polar surface area (TPSA) is 92.5 Å². The summed E-state index contributed by atoms with van der Waals surface area (Å²) in [7, 11) is -3.42. The molecular weight excluding hydrogens is 317 g/mol. The van der Waals surface area contributed by atoms with Crippen molar-refractivity contribution in [2.24, 2.45) is 5.84 Å². The monoisotopic (exact) mass is 333 g/mol. The van der Waals surface area contributed by atoms with Crippen molar-refractivity contribution >= 4 is 33.2 Å². The number of thioether (sulfide) groups is 1. The normalized spacial score (nSPS) is 19.4. The molecule has 9 heteroatoms. The van der Waals surface area contributed by atoms with Crippen LogP contribution in [0.5, 0.6) is 0 Å². The Morgan fingerprint density at radius 3 is 2.86 bits per heavy atom. The number of carbonyl (C=O) groups is 1. The minimum atomic E-state index is -3.42. The van der Waals surface area contributed by atoms with Crippen LogP contribution in [0.1, 0.15) is 10.4 Å². The van der Waals surface area contributed by atoms with Crippen molar-refractivity contribution < 1.29 is 17.6 Å². The minimum Gasteiger partial charge on any atom is -0.321 e. The number of halogens is 1. The fourth-order valence-corrected chi connectivity index (χ4v) is 4.99. The van der Waals surface area contributed by atoms with E-state index in [2.05, 4.69) is 5.43 Å². The van der Waals surface area contributed by atoms with Crippen LogP contribution in [0.25, 0.3) is 0 Å². The van der Waals surface area contributed by atoms with Crippen molar-refractivity contribution in [1.82, 2.24) is 4.90 Å². The number of nitrogens with zero attached hydrogens (tertiary/aromatic N) is 1. The number of sulfone groups is 1. The summed E-state index contributed by atoms with van der Waals surface area (Å²) in [6.45, 7) is 0.293. The summed E-state index contributed by atoms with van der Waals surface area (Å²) in [4.78, 5) is 13.8. The molecule has 0 saturated carbocycles. The van der Waals surface area contributed by atoms with Gasteiger partial charge in [-0.3, -0.25) is 10.6 Å². The number of anilines is 1. The molecule has 2 rings (SSSR count). The molecule has 1 fully saturated rings. The minimum absolute atomic E-state index is 0.0260. The molecule has 1 atom stereocenters. The maximum Gasteiger partial charge on any atom is 0.257 e. The zero-order valence-electron chi connectivity index (χ0n) is 11.4. The Balaban J connectivity index is 2.41. The second kappa shape index (κ2) is 6.20. The van der Waals surface area contributed by atoms with Gasteiger partial charge >= 0.3 is 0 Å². The van der Waals surface area contributed by atoms with Crippen molar-refractivity contribution in [3.05, 3.63) is 29.6 Å². The molecule has 0 radical (unpaired) electrons. The summed E-state index contributed by atoms with van der Waals surface area (Å²) in [5.41, 5.74) is 2.05. The summed E-state index contributed by atoms with van der Waals surface area (Å²) < 4.78 is 37.3. The third-order valence-electron chi connectivity index (χ3n) is 3.23. The molecule has 21 heavy (non-hydrogen) atoms. The third kappa shape index (κ3) is 3.30. The Bertz CT molecular complexity index is 651. The van der Waals surface area contributed by atoms with E-state index in [1.807, 2.05) is 0 Å². The molecule has 1 aromatic rings. The number of hydrazine groups is 1. The Morgan fingerprint density at radius 2 is 2.24 bits per heavy atom. The van der Waals surface area contributed by atoms with Gasteiger partial charge in [-0.1, -0.05) is 6.07 Å². The average Bonchev–Trinajstić information content (AvgIpc) is 2.45. The third-order valence-corrected chi connectivity index (χ3v) is 5.87. The number of para-hydroxylation sites is 1. The molecule has 1 amide bonds. The van der Waals surface area contributed by atoms with Crippen molar-refractivity contribution in [3.8, 4) is 0 Å². The Labute approximate surface area is 126 Å². The maximum absolute atomic E-state index is 13.7. The first kappa shape index (κ1) is 16.1. The highest BCUT2D eigenvalue weighted by Gasteiger charge is 2.35. The van der Waals surface area contributed by atoms with Crippen LogP contribution in [0.2, 0.25) is 0 Å². The number of rotatable bonds is 3. The number of hydrogen-bond acceptors (Lipinski definition) is 6. The lowest BCUT2D eigenvalue weighted by Gasteiger charge is -2.34. The van der Waals surface area contributed by atoms with Crippen LogP contribution in [0, 0.1) is 5.82 Å². The lowest BCUT2D eigenvalue weighted by Crippen LogP contribution is -2.50. The quantitative estimate of drug-likeness (QED) is 0.624. The van der Waals surface area contributed by atoms with E-state index < -0.39 is 26.9 Å². The van der Waals surface area contributed by atoms with Crippen LogP contribution in [-0.2, 0) is 9.84 Å². The molecule has 0 aromatic heterocycles. The van der Waals surface area contributed by atoms with Gasteiger partial charge in [-0.2, -0.15) is 11.8 Å². The molecule has 1 saturated heterocycles. The lowest BCUT2D eigenvalue weighted by atomic mass is 10.1. The molecule has 1 aliphatic heterocycles. The van der Waals surface area contributed by atoms with Crippen molar-refractivity contribution in [2.45, 2.75) is 5.37 Å². The van der Waals surface area contributed by atoms with Gasteiger partial charge in [0.2, 0.25) is 0 Å². The molecule has 3 N–H and O–H groups in total. The van der Waals surface area contributed by atoms with E-state index in [1.54, 1.807) is 0 Å². The van der Waals surface area contributed by atoms with E-state index >= 15 is 0 Å². The molecule has 0 bridgehead atoms. The van der Waals surface area contributed by atoms with Crippen LogP contribution in [0.4, 0.5) is 10.1 Å². The van der Waals surface area contributed by atoms with Gasteiger partial charge in [-0.25, -0.2) is 12.8 Å². The largest absolute Gasteiger partial charge is 0.321 e. The van der Waals surface area contributed by atoms with Crippen LogP contribution in [0.3, 0.4) is 0 Å². The first-order valence-electron chi connectivity index (χ1n) is 6.19. The van der Waals surface area contributed by atoms with E-state index in [4.69, 9.17) is 5.84 Å². The Kier molecular flexibility index (Phi) is 4.74. The molecule has 1 aliphatic rings. The van der Waals surface area contributed by atoms with E-state index in [0.29, 0.717) is 18.1 Å². The van der Waals surface area contributed by atoms with E-state index in [-0.39, 0.29) is 11.3 Å². The van der Waals surface area contributed by atoms with Crippen LogP contribution >= 0.6 is 11.8 Å². The van der Waals surface area contributed by atoms with Crippen molar-refractivity contribution in [1.29, 1.82) is 0 Å². The summed E-state index contributed by atoms with van der Waals surface area (Å²) >= 11 is 1.47. The fourth-order valence-electron chi connectivity index (χ4n) is 2.17. The van der Waals surface area contributed by atoms with E-state index in [9.17, 15) is 17.6 Å². The first-order chi connectivity index (χ1) is 9.86. The molecule has 1 aromatic carbocycles. The molecule has 0 aliphatic carbocycles. The van der Waals surface area contributed by atoms with Crippen LogP contribution in [-0.4, -0.2) is 48.9 Å². The molecule has 6 nitrogen and oxygen atoms in total. The average molecular weight is 333 g/mol. The van der Waals surface area contributed by atoms with E-state index in [1.165, 1.54) is 34.9 Å². The fraction of sp³-hybridized carbons (Fsp3) is 0.417. The number of benzene rings is 1. The predicted octanol–water partition coefficient (Wildman–Crippen LogP) is 0.671. The standard InChI is InChI=1S/C12H16FN3O3S2/c1-21(18,19)10-7-20-6-5-16(10)12(17)8-3-2-4-9(13)11(8)15-14/h2-4,10,15H,5-7,14H2,1H3. The second-order valence-electron chi connectivity index (χ2n) is 4.66. The number of amides is 1. The van der Waals surface area contributed by atoms with Gasteiger partial charge in [-0.05, 0) is 12.1 Å². The Hall–Kier alpha value is -1.32. The SMILES string of the molecule is CS(=O)(=O)C1CSCCN1C(=O)c1cccc(F)c1NN. The van der Waals surface area contributed by atoms with Gasteiger partial charge in [0.15, 0.2) is 9.84 Å². The summed E-state index contributed by atoms with van der Waals surface area (Å²) in [6, 6.07) is 3.98. The summed E-state index contributed by atoms with van der Waals surface area (Å²) in [5, 5.41) is -0.905. The zero-order valence-corrected chi connectivity index (χ0v) is 13.0. The second-order valence-corrected chi connectivity index (χ2v) is 8.02. The summed E-state index contributed by atoms with van der Waals surface area (Å²) in [5.74, 6) is 5.00. The van der Waals surface area contributed by atoms with Gasteiger partial charge in [0, 0.05) is 24.3 Å². The first-order valence-corrected chi connectivity index (χ1v) is 9.30.